The predicted octanol–water partition coefficient (Wildman–Crippen LogP) is 3.29. The van der Waals surface area contributed by atoms with Crippen molar-refractivity contribution in [2.75, 3.05) is 19.3 Å². The Morgan fingerprint density at radius 1 is 1.44 bits per heavy atom. The molecular formula is C14H19BrN2O. The van der Waals surface area contributed by atoms with Gasteiger partial charge >= 0.3 is 0 Å². The summed E-state index contributed by atoms with van der Waals surface area (Å²) in [6, 6.07) is 5.42. The summed E-state index contributed by atoms with van der Waals surface area (Å²) in [5.41, 5.74) is 7.06. The van der Waals surface area contributed by atoms with Gasteiger partial charge in [0.25, 0.3) is 5.91 Å². The van der Waals surface area contributed by atoms with Crippen LogP contribution < -0.4 is 5.73 Å². The molecule has 2 rings (SSSR count). The zero-order valence-corrected chi connectivity index (χ0v) is 12.2. The second-order valence-corrected chi connectivity index (χ2v) is 5.84. The third kappa shape index (κ3) is 2.86. The van der Waals surface area contributed by atoms with Gasteiger partial charge in [0, 0.05) is 19.3 Å². The third-order valence-corrected chi connectivity index (χ3v) is 4.50. The number of nitrogens with zero attached hydrogens (tertiary/aromatic N) is 1. The van der Waals surface area contributed by atoms with E-state index in [-0.39, 0.29) is 5.91 Å². The molecule has 3 nitrogen and oxygen atoms in total. The quantitative estimate of drug-likeness (QED) is 0.871. The summed E-state index contributed by atoms with van der Waals surface area (Å²) in [7, 11) is 1.87. The highest BCUT2D eigenvalue weighted by molar-refractivity contribution is 9.10. The number of amides is 1. The van der Waals surface area contributed by atoms with Crippen molar-refractivity contribution >= 4 is 27.5 Å². The number of carbonyl (C=O) groups excluding carboxylic acids is 1. The number of carbonyl (C=O) groups is 1. The Hall–Kier alpha value is -1.03. The molecule has 0 radical (unpaired) electrons. The molecular weight excluding hydrogens is 292 g/mol. The molecule has 1 aliphatic carbocycles. The van der Waals surface area contributed by atoms with Gasteiger partial charge in [0.05, 0.1) is 10.0 Å². The van der Waals surface area contributed by atoms with Crippen LogP contribution in [0.15, 0.2) is 22.7 Å². The van der Waals surface area contributed by atoms with Crippen LogP contribution >= 0.6 is 15.9 Å². The normalized spacial score (nSPS) is 15.9. The van der Waals surface area contributed by atoms with Gasteiger partial charge < -0.3 is 10.6 Å². The number of hydrogen-bond donors (Lipinski definition) is 1. The topological polar surface area (TPSA) is 46.3 Å². The minimum absolute atomic E-state index is 0.0427. The zero-order valence-electron chi connectivity index (χ0n) is 10.7. The summed E-state index contributed by atoms with van der Waals surface area (Å²) in [5.74, 6) is 0.708. The molecule has 1 amide bonds. The van der Waals surface area contributed by atoms with Crippen LogP contribution in [0.3, 0.4) is 0 Å². The van der Waals surface area contributed by atoms with Gasteiger partial charge in [0.2, 0.25) is 0 Å². The summed E-state index contributed by atoms with van der Waals surface area (Å²) >= 11 is 3.39. The first-order chi connectivity index (χ1) is 8.59. The van der Waals surface area contributed by atoms with Crippen molar-refractivity contribution in [3.63, 3.8) is 0 Å². The van der Waals surface area contributed by atoms with Crippen LogP contribution in [0.5, 0.6) is 0 Å². The molecule has 1 aromatic carbocycles. The molecule has 1 aliphatic rings. The fraction of sp³-hybridized carbons (Fsp3) is 0.500. The Balaban J connectivity index is 2.07. The Labute approximate surface area is 116 Å². The molecule has 0 atom stereocenters. The van der Waals surface area contributed by atoms with E-state index < -0.39 is 0 Å². The highest BCUT2D eigenvalue weighted by atomic mass is 79.9. The van der Waals surface area contributed by atoms with E-state index in [1.54, 1.807) is 6.07 Å². The maximum Gasteiger partial charge on any atom is 0.254 e. The van der Waals surface area contributed by atoms with Crippen LogP contribution in [0.25, 0.3) is 0 Å². The van der Waals surface area contributed by atoms with Crippen LogP contribution in [-0.2, 0) is 0 Å². The van der Waals surface area contributed by atoms with Gasteiger partial charge in [-0.05, 0) is 46.8 Å². The van der Waals surface area contributed by atoms with Crippen LogP contribution in [0, 0.1) is 5.92 Å². The molecule has 1 aromatic rings. The van der Waals surface area contributed by atoms with Gasteiger partial charge in [-0.1, -0.05) is 18.9 Å². The van der Waals surface area contributed by atoms with E-state index in [4.69, 9.17) is 5.73 Å². The van der Waals surface area contributed by atoms with Gasteiger partial charge in [-0.25, -0.2) is 0 Å². The second kappa shape index (κ2) is 5.74. The Morgan fingerprint density at radius 3 is 2.78 bits per heavy atom. The number of hydrogen-bond acceptors (Lipinski definition) is 2. The predicted molar refractivity (Wildman–Crippen MR) is 77.5 cm³/mol. The van der Waals surface area contributed by atoms with E-state index in [0.717, 1.165) is 6.54 Å². The molecule has 0 bridgehead atoms. The van der Waals surface area contributed by atoms with Gasteiger partial charge in [-0.3, -0.25) is 4.79 Å². The number of nitrogens with two attached hydrogens (primary N) is 1. The Morgan fingerprint density at radius 2 is 2.11 bits per heavy atom. The number of nitrogen functional groups attached to an aromatic ring is 1. The van der Waals surface area contributed by atoms with Crippen molar-refractivity contribution in [3.05, 3.63) is 28.2 Å². The maximum absolute atomic E-state index is 12.3. The lowest BCUT2D eigenvalue weighted by Crippen LogP contribution is -2.31. The molecule has 0 saturated heterocycles. The Bertz CT molecular complexity index is 441. The lowest BCUT2D eigenvalue weighted by molar-refractivity contribution is 0.0772. The summed E-state index contributed by atoms with van der Waals surface area (Å²) in [4.78, 5) is 14.2. The average Bonchev–Trinajstić information content (AvgIpc) is 2.84. The SMILES string of the molecule is CN(CC1CCCC1)C(=O)c1cccc(N)c1Br. The van der Waals surface area contributed by atoms with Crippen molar-refractivity contribution in [2.45, 2.75) is 25.7 Å². The number of halogens is 1. The summed E-state index contributed by atoms with van der Waals surface area (Å²) < 4.78 is 0.702. The maximum atomic E-state index is 12.3. The smallest absolute Gasteiger partial charge is 0.254 e. The largest absolute Gasteiger partial charge is 0.398 e. The van der Waals surface area contributed by atoms with Crippen molar-refractivity contribution in [2.24, 2.45) is 5.92 Å². The van der Waals surface area contributed by atoms with E-state index >= 15 is 0 Å². The van der Waals surface area contributed by atoms with Crippen LogP contribution in [0.1, 0.15) is 36.0 Å². The summed E-state index contributed by atoms with van der Waals surface area (Å²) in [6.07, 6.45) is 5.09. The van der Waals surface area contributed by atoms with E-state index in [1.165, 1.54) is 25.7 Å². The van der Waals surface area contributed by atoms with Crippen LogP contribution in [-0.4, -0.2) is 24.4 Å². The third-order valence-electron chi connectivity index (χ3n) is 3.61. The van der Waals surface area contributed by atoms with Crippen molar-refractivity contribution in [1.29, 1.82) is 0 Å². The van der Waals surface area contributed by atoms with Gasteiger partial charge in [-0.15, -0.1) is 0 Å². The first kappa shape index (κ1) is 13.4. The van der Waals surface area contributed by atoms with Gasteiger partial charge in [0.1, 0.15) is 0 Å². The first-order valence-corrected chi connectivity index (χ1v) is 7.18. The number of rotatable bonds is 3. The fourth-order valence-electron chi connectivity index (χ4n) is 2.58. The molecule has 0 heterocycles. The molecule has 1 fully saturated rings. The number of benzene rings is 1. The zero-order chi connectivity index (χ0) is 13.1. The monoisotopic (exact) mass is 310 g/mol. The highest BCUT2D eigenvalue weighted by Crippen LogP contribution is 2.27. The van der Waals surface area contributed by atoms with E-state index in [0.29, 0.717) is 21.6 Å². The van der Waals surface area contributed by atoms with Crippen LogP contribution in [0.2, 0.25) is 0 Å². The Kier molecular flexibility index (Phi) is 4.27. The first-order valence-electron chi connectivity index (χ1n) is 6.39. The lowest BCUT2D eigenvalue weighted by atomic mass is 10.1. The van der Waals surface area contributed by atoms with Crippen LogP contribution in [0.4, 0.5) is 5.69 Å². The molecule has 98 valence electrons. The lowest BCUT2D eigenvalue weighted by Gasteiger charge is -2.22. The average molecular weight is 311 g/mol. The second-order valence-electron chi connectivity index (χ2n) is 5.04. The van der Waals surface area contributed by atoms with Crippen molar-refractivity contribution in [3.8, 4) is 0 Å². The summed E-state index contributed by atoms with van der Waals surface area (Å²) in [5, 5.41) is 0. The van der Waals surface area contributed by atoms with Gasteiger partial charge in [-0.2, -0.15) is 0 Å². The minimum Gasteiger partial charge on any atom is -0.398 e. The molecule has 0 aliphatic heterocycles. The minimum atomic E-state index is 0.0427. The van der Waals surface area contributed by atoms with Crippen molar-refractivity contribution < 1.29 is 4.79 Å². The molecule has 1 saturated carbocycles. The van der Waals surface area contributed by atoms with E-state index in [9.17, 15) is 4.79 Å². The highest BCUT2D eigenvalue weighted by Gasteiger charge is 2.21. The summed E-state index contributed by atoms with van der Waals surface area (Å²) in [6.45, 7) is 0.847. The molecule has 18 heavy (non-hydrogen) atoms. The molecule has 2 N–H and O–H groups in total. The van der Waals surface area contributed by atoms with E-state index in [1.807, 2.05) is 24.1 Å². The molecule has 0 unspecified atom stereocenters. The number of anilines is 1. The standard InChI is InChI=1S/C14H19BrN2O/c1-17(9-10-5-2-3-6-10)14(18)11-7-4-8-12(16)13(11)15/h4,7-8,10H,2-3,5-6,9,16H2,1H3. The van der Waals surface area contributed by atoms with E-state index in [2.05, 4.69) is 15.9 Å². The van der Waals surface area contributed by atoms with Gasteiger partial charge in [0.15, 0.2) is 0 Å². The van der Waals surface area contributed by atoms with Crippen molar-refractivity contribution in [1.82, 2.24) is 4.90 Å². The fourth-order valence-corrected chi connectivity index (χ4v) is 3.02. The molecule has 4 heteroatoms. The molecule has 0 spiro atoms. The molecule has 0 aromatic heterocycles.